The zero-order chi connectivity index (χ0) is 19.2. The lowest BCUT2D eigenvalue weighted by atomic mass is 10.2. The lowest BCUT2D eigenvalue weighted by Crippen LogP contribution is -2.12. The number of aromatic nitrogens is 1. The van der Waals surface area contributed by atoms with Gasteiger partial charge in [0, 0.05) is 22.6 Å². The van der Waals surface area contributed by atoms with Crippen molar-refractivity contribution in [1.82, 2.24) is 4.98 Å². The fourth-order valence-electron chi connectivity index (χ4n) is 2.41. The molecule has 2 N–H and O–H groups in total. The molecule has 3 aromatic rings. The SMILES string of the molecule is COC(=O)c1cccc(Nc2cncc(C(=O)Nc3cccc(Cl)c3)c2)c1. The van der Waals surface area contributed by atoms with Crippen molar-refractivity contribution >= 4 is 40.5 Å². The monoisotopic (exact) mass is 381 g/mol. The number of hydrogen-bond acceptors (Lipinski definition) is 5. The van der Waals surface area contributed by atoms with Gasteiger partial charge >= 0.3 is 5.97 Å². The van der Waals surface area contributed by atoms with Crippen molar-refractivity contribution in [1.29, 1.82) is 0 Å². The third-order valence-electron chi connectivity index (χ3n) is 3.66. The largest absolute Gasteiger partial charge is 0.465 e. The predicted octanol–water partition coefficient (Wildman–Crippen LogP) is 4.52. The number of benzene rings is 2. The van der Waals surface area contributed by atoms with Crippen LogP contribution in [0, 0.1) is 0 Å². The Morgan fingerprint density at radius 3 is 2.44 bits per heavy atom. The van der Waals surface area contributed by atoms with E-state index in [0.29, 0.717) is 33.2 Å². The van der Waals surface area contributed by atoms with E-state index < -0.39 is 5.97 Å². The molecule has 0 saturated carbocycles. The second-order valence-electron chi connectivity index (χ2n) is 5.62. The highest BCUT2D eigenvalue weighted by Gasteiger charge is 2.09. The normalized spacial score (nSPS) is 10.1. The number of hydrogen-bond donors (Lipinski definition) is 2. The highest BCUT2D eigenvalue weighted by molar-refractivity contribution is 6.31. The minimum absolute atomic E-state index is 0.309. The van der Waals surface area contributed by atoms with Crippen molar-refractivity contribution in [2.24, 2.45) is 0 Å². The first-order chi connectivity index (χ1) is 13.0. The van der Waals surface area contributed by atoms with E-state index >= 15 is 0 Å². The molecule has 0 fully saturated rings. The summed E-state index contributed by atoms with van der Waals surface area (Å²) in [5, 5.41) is 6.42. The molecule has 1 aromatic heterocycles. The van der Waals surface area contributed by atoms with Crippen LogP contribution in [0.25, 0.3) is 0 Å². The quantitative estimate of drug-likeness (QED) is 0.635. The first-order valence-corrected chi connectivity index (χ1v) is 8.40. The molecule has 6 nitrogen and oxygen atoms in total. The molecule has 7 heteroatoms. The maximum atomic E-state index is 12.4. The third kappa shape index (κ3) is 4.83. The Hall–Kier alpha value is -3.38. The van der Waals surface area contributed by atoms with Crippen LogP contribution in [0.3, 0.4) is 0 Å². The van der Waals surface area contributed by atoms with Gasteiger partial charge in [0.05, 0.1) is 30.1 Å². The molecular weight excluding hydrogens is 366 g/mol. The molecule has 27 heavy (non-hydrogen) atoms. The van der Waals surface area contributed by atoms with Crippen LogP contribution in [0.1, 0.15) is 20.7 Å². The molecule has 0 aliphatic carbocycles. The van der Waals surface area contributed by atoms with Crippen LogP contribution in [0.5, 0.6) is 0 Å². The van der Waals surface area contributed by atoms with E-state index in [0.717, 1.165) is 0 Å². The molecule has 3 rings (SSSR count). The van der Waals surface area contributed by atoms with Crippen molar-refractivity contribution in [3.05, 3.63) is 83.1 Å². The summed E-state index contributed by atoms with van der Waals surface area (Å²) < 4.78 is 4.72. The van der Waals surface area contributed by atoms with Crippen molar-refractivity contribution < 1.29 is 14.3 Å². The van der Waals surface area contributed by atoms with Crippen molar-refractivity contribution in [3.63, 3.8) is 0 Å². The molecule has 2 aromatic carbocycles. The van der Waals surface area contributed by atoms with E-state index in [1.165, 1.54) is 13.3 Å². The highest BCUT2D eigenvalue weighted by Crippen LogP contribution is 2.20. The van der Waals surface area contributed by atoms with E-state index in [1.54, 1.807) is 60.8 Å². The summed E-state index contributed by atoms with van der Waals surface area (Å²) in [6.07, 6.45) is 3.05. The summed E-state index contributed by atoms with van der Waals surface area (Å²) in [5.41, 5.74) is 2.67. The molecule has 0 aliphatic rings. The number of pyridine rings is 1. The number of nitrogens with zero attached hydrogens (tertiary/aromatic N) is 1. The van der Waals surface area contributed by atoms with Crippen LogP contribution in [-0.2, 0) is 4.74 Å². The van der Waals surface area contributed by atoms with Gasteiger partial charge in [0.25, 0.3) is 5.91 Å². The van der Waals surface area contributed by atoms with Gasteiger partial charge in [0.15, 0.2) is 0 Å². The van der Waals surface area contributed by atoms with Gasteiger partial charge in [-0.3, -0.25) is 9.78 Å². The predicted molar refractivity (Wildman–Crippen MR) is 105 cm³/mol. The smallest absolute Gasteiger partial charge is 0.337 e. The van der Waals surface area contributed by atoms with Gasteiger partial charge < -0.3 is 15.4 Å². The third-order valence-corrected chi connectivity index (χ3v) is 3.89. The van der Waals surface area contributed by atoms with Crippen molar-refractivity contribution in [2.45, 2.75) is 0 Å². The fourth-order valence-corrected chi connectivity index (χ4v) is 2.60. The molecule has 0 aliphatic heterocycles. The van der Waals surface area contributed by atoms with Gasteiger partial charge in [0.1, 0.15) is 0 Å². The van der Waals surface area contributed by atoms with E-state index in [9.17, 15) is 9.59 Å². The van der Waals surface area contributed by atoms with Gasteiger partial charge in [-0.1, -0.05) is 23.7 Å². The standard InChI is InChI=1S/C20H16ClN3O3/c1-27-20(26)13-4-2-6-16(8-13)23-18-9-14(11-22-12-18)19(25)24-17-7-3-5-15(21)10-17/h2-12,23H,1H3,(H,24,25). The molecule has 0 unspecified atom stereocenters. The van der Waals surface area contributed by atoms with Gasteiger partial charge in [-0.15, -0.1) is 0 Å². The maximum Gasteiger partial charge on any atom is 0.337 e. The van der Waals surface area contributed by atoms with Crippen LogP contribution in [0.2, 0.25) is 5.02 Å². The Morgan fingerprint density at radius 2 is 1.67 bits per heavy atom. The molecule has 0 atom stereocenters. The van der Waals surface area contributed by atoms with Gasteiger partial charge in [0.2, 0.25) is 0 Å². The summed E-state index contributed by atoms with van der Waals surface area (Å²) in [4.78, 5) is 28.2. The van der Waals surface area contributed by atoms with E-state index in [-0.39, 0.29) is 5.91 Å². The number of methoxy groups -OCH3 is 1. The molecule has 0 spiro atoms. The lowest BCUT2D eigenvalue weighted by Gasteiger charge is -2.10. The number of esters is 1. The first-order valence-electron chi connectivity index (χ1n) is 8.02. The minimum atomic E-state index is -0.425. The Labute approximate surface area is 161 Å². The number of ether oxygens (including phenoxy) is 1. The molecular formula is C20H16ClN3O3. The Balaban J connectivity index is 1.75. The molecule has 136 valence electrons. The zero-order valence-corrected chi connectivity index (χ0v) is 15.2. The summed E-state index contributed by atoms with van der Waals surface area (Å²) in [7, 11) is 1.33. The number of anilines is 3. The first kappa shape index (κ1) is 18.4. The van der Waals surface area contributed by atoms with E-state index in [1.807, 2.05) is 0 Å². The summed E-state index contributed by atoms with van der Waals surface area (Å²) in [6, 6.07) is 15.4. The van der Waals surface area contributed by atoms with Gasteiger partial charge in [-0.2, -0.15) is 0 Å². The molecule has 1 amide bonds. The number of carbonyl (C=O) groups excluding carboxylic acids is 2. The average molecular weight is 382 g/mol. The second-order valence-corrected chi connectivity index (χ2v) is 6.06. The summed E-state index contributed by atoms with van der Waals surface area (Å²) >= 11 is 5.93. The molecule has 1 heterocycles. The maximum absolute atomic E-state index is 12.4. The van der Waals surface area contributed by atoms with Crippen LogP contribution >= 0.6 is 11.6 Å². The summed E-state index contributed by atoms with van der Waals surface area (Å²) in [6.45, 7) is 0. The van der Waals surface area contributed by atoms with Crippen LogP contribution in [0.4, 0.5) is 17.1 Å². The number of amides is 1. The molecule has 0 bridgehead atoms. The highest BCUT2D eigenvalue weighted by atomic mass is 35.5. The van der Waals surface area contributed by atoms with Crippen LogP contribution in [-0.4, -0.2) is 24.0 Å². The van der Waals surface area contributed by atoms with Gasteiger partial charge in [-0.25, -0.2) is 4.79 Å². The molecule has 0 saturated heterocycles. The van der Waals surface area contributed by atoms with Crippen LogP contribution in [0.15, 0.2) is 67.0 Å². The van der Waals surface area contributed by atoms with Crippen molar-refractivity contribution in [2.75, 3.05) is 17.7 Å². The second kappa shape index (κ2) is 8.33. The minimum Gasteiger partial charge on any atom is -0.465 e. The van der Waals surface area contributed by atoms with Crippen LogP contribution < -0.4 is 10.6 Å². The molecule has 0 radical (unpaired) electrons. The number of carbonyl (C=O) groups is 2. The Bertz CT molecular complexity index is 991. The van der Waals surface area contributed by atoms with Gasteiger partial charge in [-0.05, 0) is 42.5 Å². The number of rotatable bonds is 5. The number of nitrogens with one attached hydrogen (secondary N) is 2. The zero-order valence-electron chi connectivity index (χ0n) is 14.4. The van der Waals surface area contributed by atoms with E-state index in [4.69, 9.17) is 16.3 Å². The average Bonchev–Trinajstić information content (AvgIpc) is 2.68. The Kier molecular flexibility index (Phi) is 5.68. The van der Waals surface area contributed by atoms with Crippen molar-refractivity contribution in [3.8, 4) is 0 Å². The Morgan fingerprint density at radius 1 is 0.926 bits per heavy atom. The topological polar surface area (TPSA) is 80.3 Å². The van der Waals surface area contributed by atoms with E-state index in [2.05, 4.69) is 15.6 Å². The lowest BCUT2D eigenvalue weighted by molar-refractivity contribution is 0.0600. The summed E-state index contributed by atoms with van der Waals surface area (Å²) in [5.74, 6) is -0.733. The number of halogens is 1. The fraction of sp³-hybridized carbons (Fsp3) is 0.0500.